The van der Waals surface area contributed by atoms with Crippen LogP contribution in [0.2, 0.25) is 0 Å². The lowest BCUT2D eigenvalue weighted by Crippen LogP contribution is -2.38. The van der Waals surface area contributed by atoms with Gasteiger partial charge in [0, 0.05) is 42.7 Å². The summed E-state index contributed by atoms with van der Waals surface area (Å²) < 4.78 is 26.7. The number of likely N-dealkylation sites (tertiary alicyclic amines) is 1. The Bertz CT molecular complexity index is 1500. The lowest BCUT2D eigenvalue weighted by molar-refractivity contribution is -0.00943. The van der Waals surface area contributed by atoms with E-state index in [2.05, 4.69) is 48.4 Å². The maximum atomic E-state index is 13.5. The fourth-order valence-electron chi connectivity index (χ4n) is 6.88. The lowest BCUT2D eigenvalue weighted by Gasteiger charge is -2.28. The molecule has 2 aliphatic heterocycles. The van der Waals surface area contributed by atoms with E-state index < -0.39 is 0 Å². The Balaban J connectivity index is 1.24. The third kappa shape index (κ3) is 3.71. The molecule has 3 fully saturated rings. The smallest absolute Gasteiger partial charge is 0.410 e. The first-order valence-electron chi connectivity index (χ1n) is 13.4. The molecule has 1 aliphatic carbocycles. The first-order valence-corrected chi connectivity index (χ1v) is 13.4. The van der Waals surface area contributed by atoms with Crippen LogP contribution in [0.25, 0.3) is 16.6 Å². The van der Waals surface area contributed by atoms with Crippen molar-refractivity contribution in [2.45, 2.75) is 37.2 Å². The number of hydrogen-bond acceptors (Lipinski definition) is 4. The number of piperidine rings is 1. The van der Waals surface area contributed by atoms with E-state index in [9.17, 15) is 9.18 Å². The molecule has 0 unspecified atom stereocenters. The van der Waals surface area contributed by atoms with Gasteiger partial charge < -0.3 is 14.4 Å². The van der Waals surface area contributed by atoms with Crippen LogP contribution in [0.4, 0.5) is 9.18 Å². The Kier molecular flexibility index (Phi) is 5.51. The molecule has 0 N–H and O–H groups in total. The molecular formula is C31H30FN3O3. The van der Waals surface area contributed by atoms with E-state index in [1.165, 1.54) is 28.8 Å². The fraction of sp³-hybridized carbons (Fsp3) is 0.355. The molecule has 1 aromatic heterocycles. The van der Waals surface area contributed by atoms with Gasteiger partial charge in [0.25, 0.3) is 0 Å². The van der Waals surface area contributed by atoms with Gasteiger partial charge in [-0.1, -0.05) is 30.3 Å². The van der Waals surface area contributed by atoms with Crippen molar-refractivity contribution in [2.75, 3.05) is 26.3 Å². The number of benzene rings is 3. The number of ether oxygens (including phenoxy) is 2. The number of fused-ring (bicyclic) bond motifs is 2. The van der Waals surface area contributed by atoms with Crippen LogP contribution < -0.4 is 0 Å². The average molecular weight is 512 g/mol. The number of rotatable bonds is 4. The largest absolute Gasteiger partial charge is 0.446 e. The maximum Gasteiger partial charge on any atom is 0.410 e. The zero-order chi connectivity index (χ0) is 25.9. The first-order chi connectivity index (χ1) is 18.5. The minimum atomic E-state index is -0.268. The number of amides is 1. The highest BCUT2D eigenvalue weighted by atomic mass is 19.1. The van der Waals surface area contributed by atoms with Crippen molar-refractivity contribution in [1.82, 2.24) is 14.7 Å². The molecule has 2 saturated heterocycles. The fourth-order valence-corrected chi connectivity index (χ4v) is 6.88. The number of aryl methyl sites for hydroxylation is 1. The molecule has 3 heterocycles. The summed E-state index contributed by atoms with van der Waals surface area (Å²) in [6, 6.07) is 21.5. The molecule has 0 bridgehead atoms. The molecule has 0 radical (unpaired) electrons. The van der Waals surface area contributed by atoms with Crippen molar-refractivity contribution in [2.24, 2.45) is 5.92 Å². The minimum absolute atomic E-state index is 0.0653. The summed E-state index contributed by atoms with van der Waals surface area (Å²) in [7, 11) is 0. The van der Waals surface area contributed by atoms with E-state index in [0.717, 1.165) is 29.4 Å². The topological polar surface area (TPSA) is 56.6 Å². The second-order valence-corrected chi connectivity index (χ2v) is 10.9. The van der Waals surface area contributed by atoms with Gasteiger partial charge in [-0.15, -0.1) is 0 Å². The maximum absolute atomic E-state index is 13.5. The molecule has 38 heavy (non-hydrogen) atoms. The van der Waals surface area contributed by atoms with E-state index in [1.807, 2.05) is 21.8 Å². The van der Waals surface area contributed by atoms with Gasteiger partial charge in [-0.2, -0.15) is 5.10 Å². The van der Waals surface area contributed by atoms with Gasteiger partial charge in [-0.25, -0.2) is 13.9 Å². The molecule has 7 rings (SSSR count). The van der Waals surface area contributed by atoms with Crippen LogP contribution in [-0.4, -0.2) is 53.2 Å². The van der Waals surface area contributed by atoms with Crippen molar-refractivity contribution in [3.05, 3.63) is 95.4 Å². The number of halogens is 1. The zero-order valence-corrected chi connectivity index (χ0v) is 21.3. The second-order valence-electron chi connectivity index (χ2n) is 10.9. The molecule has 3 aliphatic rings. The van der Waals surface area contributed by atoms with Crippen molar-refractivity contribution in [3.63, 3.8) is 0 Å². The van der Waals surface area contributed by atoms with Crippen LogP contribution in [0.5, 0.6) is 0 Å². The third-order valence-corrected chi connectivity index (χ3v) is 8.72. The van der Waals surface area contributed by atoms with Gasteiger partial charge >= 0.3 is 6.09 Å². The lowest BCUT2D eigenvalue weighted by atomic mass is 9.86. The third-order valence-electron chi connectivity index (χ3n) is 8.72. The Morgan fingerprint density at radius 3 is 2.61 bits per heavy atom. The minimum Gasteiger partial charge on any atom is -0.446 e. The Hall–Kier alpha value is -3.71. The quantitative estimate of drug-likeness (QED) is 0.350. The van der Waals surface area contributed by atoms with Gasteiger partial charge in [-0.3, -0.25) is 0 Å². The number of carbonyl (C=O) groups is 1. The predicted octanol–water partition coefficient (Wildman–Crippen LogP) is 5.76. The Morgan fingerprint density at radius 2 is 1.84 bits per heavy atom. The number of hydrogen-bond donors (Lipinski definition) is 0. The molecule has 4 aromatic rings. The second kappa shape index (κ2) is 8.95. The summed E-state index contributed by atoms with van der Waals surface area (Å²) in [5.74, 6) is 0.408. The molecule has 6 nitrogen and oxygen atoms in total. The predicted molar refractivity (Wildman–Crippen MR) is 142 cm³/mol. The van der Waals surface area contributed by atoms with Crippen LogP contribution in [0.3, 0.4) is 0 Å². The van der Waals surface area contributed by atoms with E-state index in [-0.39, 0.29) is 23.4 Å². The highest BCUT2D eigenvalue weighted by Crippen LogP contribution is 2.69. The van der Waals surface area contributed by atoms with Crippen molar-refractivity contribution in [1.29, 1.82) is 0 Å². The number of nitrogens with zero attached hydrogens (tertiary/aromatic N) is 3. The summed E-state index contributed by atoms with van der Waals surface area (Å²) >= 11 is 0. The molecule has 194 valence electrons. The van der Waals surface area contributed by atoms with Gasteiger partial charge in [-0.05, 0) is 65.9 Å². The highest BCUT2D eigenvalue weighted by molar-refractivity contribution is 5.83. The van der Waals surface area contributed by atoms with E-state index in [4.69, 9.17) is 9.47 Å². The molecule has 1 amide bonds. The zero-order valence-electron chi connectivity index (χ0n) is 21.3. The Morgan fingerprint density at radius 1 is 1.08 bits per heavy atom. The number of carbonyl (C=O) groups excluding carboxylic acids is 1. The molecule has 0 spiro atoms. The average Bonchev–Trinajstić information content (AvgIpc) is 3.20. The van der Waals surface area contributed by atoms with Crippen molar-refractivity contribution < 1.29 is 18.7 Å². The molecule has 7 heteroatoms. The first kappa shape index (κ1) is 23.4. The van der Waals surface area contributed by atoms with Crippen LogP contribution in [-0.2, 0) is 14.9 Å². The standard InChI is InChI=1S/C31H30FN3O3/c1-20-15-28-22(17-33-35(28)24-9-7-23(32)8-10-24)16-26(20)31-19-34(30(36)38-25-11-13-37-14-12-25)18-27(31)29(31)21-5-3-2-4-6-21/h2-10,15-17,25,27,29H,11-14,18-19H2,1H3/t27-,29-,31+/m0/s1. The normalized spacial score (nSPS) is 24.9. The van der Waals surface area contributed by atoms with E-state index >= 15 is 0 Å². The van der Waals surface area contributed by atoms with Crippen molar-refractivity contribution in [3.8, 4) is 5.69 Å². The highest BCUT2D eigenvalue weighted by Gasteiger charge is 2.71. The summed E-state index contributed by atoms with van der Waals surface area (Å²) in [5.41, 5.74) is 5.40. The van der Waals surface area contributed by atoms with Crippen LogP contribution >= 0.6 is 0 Å². The van der Waals surface area contributed by atoms with Crippen molar-refractivity contribution >= 4 is 17.0 Å². The van der Waals surface area contributed by atoms with Gasteiger partial charge in [0.05, 0.1) is 30.6 Å². The molecular weight excluding hydrogens is 481 g/mol. The number of aromatic nitrogens is 2. The molecule has 3 atom stereocenters. The Labute approximate surface area is 221 Å². The summed E-state index contributed by atoms with van der Waals surface area (Å²) in [4.78, 5) is 15.1. The SMILES string of the molecule is Cc1cc2c(cnn2-c2ccc(F)cc2)cc1[C@]12CN(C(=O)OC3CCOCC3)C[C@H]1[C@@H]2c1ccccc1. The molecule has 1 saturated carbocycles. The van der Waals surface area contributed by atoms with Crippen LogP contribution in [0.15, 0.2) is 72.9 Å². The van der Waals surface area contributed by atoms with Gasteiger partial charge in [0.15, 0.2) is 0 Å². The van der Waals surface area contributed by atoms with Crippen LogP contribution in [0.1, 0.15) is 35.4 Å². The van der Waals surface area contributed by atoms with E-state index in [1.54, 1.807) is 12.1 Å². The monoisotopic (exact) mass is 511 g/mol. The van der Waals surface area contributed by atoms with Gasteiger partial charge in [0.1, 0.15) is 11.9 Å². The van der Waals surface area contributed by atoms with E-state index in [0.29, 0.717) is 38.1 Å². The summed E-state index contributed by atoms with van der Waals surface area (Å²) in [5, 5.41) is 5.66. The molecule has 3 aromatic carbocycles. The van der Waals surface area contributed by atoms with Crippen LogP contribution in [0, 0.1) is 18.7 Å². The summed E-state index contributed by atoms with van der Waals surface area (Å²) in [6.07, 6.45) is 3.12. The van der Waals surface area contributed by atoms with Gasteiger partial charge in [0.2, 0.25) is 0 Å². The summed E-state index contributed by atoms with van der Waals surface area (Å²) in [6.45, 7) is 4.76.